The van der Waals surface area contributed by atoms with Crippen molar-refractivity contribution >= 4 is 10.0 Å². The van der Waals surface area contributed by atoms with E-state index in [0.717, 1.165) is 17.7 Å². The molecule has 0 fully saturated rings. The Kier molecular flexibility index (Phi) is 3.37. The number of fused-ring (bicyclic) bond motifs is 1. The van der Waals surface area contributed by atoms with Crippen LogP contribution in [-0.4, -0.2) is 27.6 Å². The van der Waals surface area contributed by atoms with Gasteiger partial charge in [0.2, 0.25) is 10.0 Å². The molecule has 0 radical (unpaired) electrons. The van der Waals surface area contributed by atoms with Crippen molar-refractivity contribution in [3.05, 3.63) is 23.8 Å². The lowest BCUT2D eigenvalue weighted by molar-refractivity contribution is 0.356. The predicted molar refractivity (Wildman–Crippen MR) is 64.5 cm³/mol. The average molecular weight is 256 g/mol. The second kappa shape index (κ2) is 4.64. The lowest BCUT2D eigenvalue weighted by Gasteiger charge is -2.09. The maximum atomic E-state index is 11.9. The number of sulfonamides is 1. The summed E-state index contributed by atoms with van der Waals surface area (Å²) in [5.41, 5.74) is 6.46. The van der Waals surface area contributed by atoms with Crippen LogP contribution in [0.1, 0.15) is 12.5 Å². The number of nitrogens with two attached hydrogens (primary N) is 1. The summed E-state index contributed by atoms with van der Waals surface area (Å²) >= 11 is 0. The molecule has 1 aliphatic rings. The molecule has 0 bridgehead atoms. The van der Waals surface area contributed by atoms with Gasteiger partial charge in [-0.15, -0.1) is 0 Å². The standard InChI is InChI=1S/C11H16N2O3S/c1-8(12)7-13-17(14,15)10-2-3-11-9(6-10)4-5-16-11/h2-3,6,8,13H,4-5,7,12H2,1H3. The molecule has 0 aromatic heterocycles. The smallest absolute Gasteiger partial charge is 0.240 e. The normalized spacial score (nSPS) is 16.4. The van der Waals surface area contributed by atoms with Crippen molar-refractivity contribution in [3.8, 4) is 5.75 Å². The first kappa shape index (κ1) is 12.3. The highest BCUT2D eigenvalue weighted by atomic mass is 32.2. The zero-order valence-corrected chi connectivity index (χ0v) is 10.5. The van der Waals surface area contributed by atoms with Crippen molar-refractivity contribution in [1.82, 2.24) is 4.72 Å². The first-order valence-corrected chi connectivity index (χ1v) is 6.98. The van der Waals surface area contributed by atoms with Crippen LogP contribution in [0.5, 0.6) is 5.75 Å². The van der Waals surface area contributed by atoms with Crippen LogP contribution >= 0.6 is 0 Å². The molecule has 5 nitrogen and oxygen atoms in total. The van der Waals surface area contributed by atoms with E-state index < -0.39 is 10.0 Å². The highest BCUT2D eigenvalue weighted by molar-refractivity contribution is 7.89. The molecule has 6 heteroatoms. The van der Waals surface area contributed by atoms with Gasteiger partial charge in [-0.3, -0.25) is 0 Å². The molecule has 94 valence electrons. The summed E-state index contributed by atoms with van der Waals surface area (Å²) in [6.45, 7) is 2.60. The molecule has 3 N–H and O–H groups in total. The summed E-state index contributed by atoms with van der Waals surface area (Å²) in [6.07, 6.45) is 0.756. The van der Waals surface area contributed by atoms with Crippen LogP contribution in [-0.2, 0) is 16.4 Å². The number of hydrogen-bond acceptors (Lipinski definition) is 4. The van der Waals surface area contributed by atoms with Gasteiger partial charge in [0.15, 0.2) is 0 Å². The van der Waals surface area contributed by atoms with Crippen molar-refractivity contribution in [2.75, 3.05) is 13.2 Å². The molecule has 0 aliphatic carbocycles. The molecule has 0 spiro atoms. The van der Waals surface area contributed by atoms with Crippen LogP contribution in [0.2, 0.25) is 0 Å². The number of benzene rings is 1. The van der Waals surface area contributed by atoms with E-state index in [4.69, 9.17) is 10.5 Å². The third-order valence-corrected chi connectivity index (χ3v) is 3.99. The van der Waals surface area contributed by atoms with E-state index in [9.17, 15) is 8.42 Å². The summed E-state index contributed by atoms with van der Waals surface area (Å²) in [5.74, 6) is 0.774. The Hall–Kier alpha value is -1.11. The second-order valence-corrected chi connectivity index (χ2v) is 5.96. The van der Waals surface area contributed by atoms with Gasteiger partial charge in [0, 0.05) is 19.0 Å². The molecule has 1 unspecified atom stereocenters. The third kappa shape index (κ3) is 2.77. The monoisotopic (exact) mass is 256 g/mol. The quantitative estimate of drug-likeness (QED) is 0.809. The number of nitrogens with one attached hydrogen (secondary N) is 1. The molecule has 2 rings (SSSR count). The van der Waals surface area contributed by atoms with E-state index in [0.29, 0.717) is 6.61 Å². The van der Waals surface area contributed by atoms with E-state index in [1.54, 1.807) is 25.1 Å². The zero-order valence-electron chi connectivity index (χ0n) is 9.64. The Morgan fingerprint density at radius 2 is 2.29 bits per heavy atom. The summed E-state index contributed by atoms with van der Waals surface area (Å²) in [5, 5.41) is 0. The van der Waals surface area contributed by atoms with Crippen LogP contribution < -0.4 is 15.2 Å². The van der Waals surface area contributed by atoms with Crippen molar-refractivity contribution in [3.63, 3.8) is 0 Å². The highest BCUT2D eigenvalue weighted by Crippen LogP contribution is 2.27. The van der Waals surface area contributed by atoms with Gasteiger partial charge < -0.3 is 10.5 Å². The number of rotatable bonds is 4. The number of hydrogen-bond donors (Lipinski definition) is 2. The Labute approximate surface area is 101 Å². The van der Waals surface area contributed by atoms with Crippen LogP contribution in [0, 0.1) is 0 Å². The van der Waals surface area contributed by atoms with Gasteiger partial charge in [0.25, 0.3) is 0 Å². The van der Waals surface area contributed by atoms with Gasteiger partial charge in [-0.2, -0.15) is 0 Å². The maximum Gasteiger partial charge on any atom is 0.240 e. The Morgan fingerprint density at radius 3 is 3.00 bits per heavy atom. The predicted octanol–water partition coefficient (Wildman–Crippen LogP) is 0.247. The number of ether oxygens (including phenoxy) is 1. The fourth-order valence-electron chi connectivity index (χ4n) is 1.65. The van der Waals surface area contributed by atoms with Crippen molar-refractivity contribution in [2.45, 2.75) is 24.3 Å². The minimum Gasteiger partial charge on any atom is -0.493 e. The molecular formula is C11H16N2O3S. The molecular weight excluding hydrogens is 240 g/mol. The van der Waals surface area contributed by atoms with E-state index in [1.165, 1.54) is 0 Å². The van der Waals surface area contributed by atoms with Gasteiger partial charge in [-0.25, -0.2) is 13.1 Å². The fourth-order valence-corrected chi connectivity index (χ4v) is 2.85. The lowest BCUT2D eigenvalue weighted by atomic mass is 10.2. The summed E-state index contributed by atoms with van der Waals surface area (Å²) < 4.78 is 31.7. The molecule has 1 aromatic rings. The molecule has 1 aliphatic heterocycles. The fraction of sp³-hybridized carbons (Fsp3) is 0.455. The van der Waals surface area contributed by atoms with Crippen LogP contribution in [0.15, 0.2) is 23.1 Å². The van der Waals surface area contributed by atoms with Gasteiger partial charge in [0.1, 0.15) is 5.75 Å². The van der Waals surface area contributed by atoms with Crippen LogP contribution in [0.25, 0.3) is 0 Å². The highest BCUT2D eigenvalue weighted by Gasteiger charge is 2.19. The first-order chi connectivity index (χ1) is 7.99. The molecule has 17 heavy (non-hydrogen) atoms. The summed E-state index contributed by atoms with van der Waals surface area (Å²) in [6, 6.07) is 4.70. The molecule has 1 aromatic carbocycles. The third-order valence-electron chi connectivity index (χ3n) is 2.57. The van der Waals surface area contributed by atoms with Gasteiger partial charge in [0.05, 0.1) is 11.5 Å². The van der Waals surface area contributed by atoms with E-state index in [1.807, 2.05) is 0 Å². The Bertz CT molecular complexity index is 511. The van der Waals surface area contributed by atoms with Gasteiger partial charge in [-0.1, -0.05) is 0 Å². The molecule has 0 saturated carbocycles. The van der Waals surface area contributed by atoms with Crippen molar-refractivity contribution < 1.29 is 13.2 Å². The Morgan fingerprint density at radius 1 is 1.53 bits per heavy atom. The van der Waals surface area contributed by atoms with Crippen LogP contribution in [0.4, 0.5) is 0 Å². The van der Waals surface area contributed by atoms with Gasteiger partial charge in [-0.05, 0) is 30.7 Å². The van der Waals surface area contributed by atoms with Crippen molar-refractivity contribution in [1.29, 1.82) is 0 Å². The second-order valence-electron chi connectivity index (χ2n) is 4.20. The zero-order chi connectivity index (χ0) is 12.5. The molecule has 0 amide bonds. The topological polar surface area (TPSA) is 81.4 Å². The SMILES string of the molecule is CC(N)CNS(=O)(=O)c1ccc2c(c1)CCO2. The minimum atomic E-state index is -3.46. The first-order valence-electron chi connectivity index (χ1n) is 5.50. The molecule has 1 atom stereocenters. The Balaban J connectivity index is 2.22. The van der Waals surface area contributed by atoms with E-state index in [2.05, 4.69) is 4.72 Å². The van der Waals surface area contributed by atoms with E-state index >= 15 is 0 Å². The average Bonchev–Trinajstić information content (AvgIpc) is 2.73. The van der Waals surface area contributed by atoms with E-state index in [-0.39, 0.29) is 17.5 Å². The lowest BCUT2D eigenvalue weighted by Crippen LogP contribution is -2.35. The summed E-state index contributed by atoms with van der Waals surface area (Å²) in [4.78, 5) is 0.266. The minimum absolute atomic E-state index is 0.206. The van der Waals surface area contributed by atoms with Crippen LogP contribution in [0.3, 0.4) is 0 Å². The van der Waals surface area contributed by atoms with Gasteiger partial charge >= 0.3 is 0 Å². The molecule has 0 saturated heterocycles. The summed E-state index contributed by atoms with van der Waals surface area (Å²) in [7, 11) is -3.46. The van der Waals surface area contributed by atoms with Crippen molar-refractivity contribution in [2.24, 2.45) is 5.73 Å². The largest absolute Gasteiger partial charge is 0.493 e. The molecule has 1 heterocycles. The maximum absolute atomic E-state index is 11.9.